The van der Waals surface area contributed by atoms with Gasteiger partial charge in [0.25, 0.3) is 5.95 Å². The number of benzene rings is 1. The molecule has 2 aromatic heterocycles. The highest BCUT2D eigenvalue weighted by molar-refractivity contribution is 6.28. The zero-order valence-corrected chi connectivity index (χ0v) is 11.8. The average Bonchev–Trinajstić information content (AvgIpc) is 2.95. The third kappa shape index (κ3) is 2.28. The van der Waals surface area contributed by atoms with Gasteiger partial charge in [0, 0.05) is 18.0 Å². The van der Waals surface area contributed by atoms with E-state index in [1.54, 1.807) is 23.1 Å². The summed E-state index contributed by atoms with van der Waals surface area (Å²) in [6.45, 7) is 4.09. The number of hydrogen-bond donors (Lipinski definition) is 0. The predicted molar refractivity (Wildman–Crippen MR) is 76.9 cm³/mol. The van der Waals surface area contributed by atoms with Crippen LogP contribution in [0.5, 0.6) is 0 Å². The van der Waals surface area contributed by atoms with E-state index < -0.39 is 0 Å². The summed E-state index contributed by atoms with van der Waals surface area (Å²) >= 11 is 6.01. The average molecular weight is 286 g/mol. The fourth-order valence-corrected chi connectivity index (χ4v) is 2.10. The van der Waals surface area contributed by atoms with E-state index in [-0.39, 0.29) is 5.28 Å². The lowest BCUT2D eigenvalue weighted by atomic mass is 10.0. The monoisotopic (exact) mass is 285 g/mol. The van der Waals surface area contributed by atoms with Crippen LogP contribution in [0.1, 0.15) is 11.1 Å². The predicted octanol–water partition coefficient (Wildman–Crippen LogP) is 2.99. The lowest BCUT2D eigenvalue weighted by Crippen LogP contribution is -2.05. The van der Waals surface area contributed by atoms with Crippen LogP contribution >= 0.6 is 11.6 Å². The van der Waals surface area contributed by atoms with Crippen molar-refractivity contribution in [3.05, 3.63) is 53.1 Å². The van der Waals surface area contributed by atoms with Crippen LogP contribution < -0.4 is 0 Å². The SMILES string of the molecule is Cc1cccc(-c2nc(Cl)nc(-n3cccn3)n2)c1C. The molecule has 0 aliphatic carbocycles. The van der Waals surface area contributed by atoms with Crippen LogP contribution in [0, 0.1) is 13.8 Å². The van der Waals surface area contributed by atoms with E-state index in [4.69, 9.17) is 11.6 Å². The summed E-state index contributed by atoms with van der Waals surface area (Å²) in [5.41, 5.74) is 3.25. The molecule has 1 aromatic carbocycles. The number of hydrogen-bond acceptors (Lipinski definition) is 4. The van der Waals surface area contributed by atoms with Gasteiger partial charge in [0.15, 0.2) is 5.82 Å². The van der Waals surface area contributed by atoms with Crippen molar-refractivity contribution >= 4 is 11.6 Å². The van der Waals surface area contributed by atoms with Gasteiger partial charge in [-0.25, -0.2) is 4.68 Å². The number of aryl methyl sites for hydroxylation is 1. The minimum absolute atomic E-state index is 0.154. The first-order valence-corrected chi connectivity index (χ1v) is 6.51. The molecular formula is C14H12ClN5. The maximum absolute atomic E-state index is 6.01. The van der Waals surface area contributed by atoms with Crippen LogP contribution in [0.3, 0.4) is 0 Å². The summed E-state index contributed by atoms with van der Waals surface area (Å²) < 4.78 is 1.56. The Bertz CT molecular complexity index is 752. The highest BCUT2D eigenvalue weighted by Gasteiger charge is 2.11. The summed E-state index contributed by atoms with van der Waals surface area (Å²) in [5.74, 6) is 0.961. The topological polar surface area (TPSA) is 56.5 Å². The zero-order chi connectivity index (χ0) is 14.1. The second-order valence-electron chi connectivity index (χ2n) is 4.43. The third-order valence-corrected chi connectivity index (χ3v) is 3.32. The van der Waals surface area contributed by atoms with E-state index >= 15 is 0 Å². The second kappa shape index (κ2) is 5.02. The number of aromatic nitrogens is 5. The van der Waals surface area contributed by atoms with E-state index in [0.29, 0.717) is 11.8 Å². The molecule has 0 saturated heterocycles. The van der Waals surface area contributed by atoms with Crippen molar-refractivity contribution in [1.29, 1.82) is 0 Å². The molecule has 0 bridgehead atoms. The quantitative estimate of drug-likeness (QED) is 0.726. The Balaban J connectivity index is 2.17. The molecular weight excluding hydrogens is 274 g/mol. The first-order valence-electron chi connectivity index (χ1n) is 6.13. The van der Waals surface area contributed by atoms with Crippen LogP contribution in [-0.2, 0) is 0 Å². The molecule has 2 heterocycles. The van der Waals surface area contributed by atoms with Crippen molar-refractivity contribution in [2.45, 2.75) is 13.8 Å². The highest BCUT2D eigenvalue weighted by atomic mass is 35.5. The van der Waals surface area contributed by atoms with Gasteiger partial charge < -0.3 is 0 Å². The van der Waals surface area contributed by atoms with E-state index in [1.807, 2.05) is 19.1 Å². The van der Waals surface area contributed by atoms with Crippen molar-refractivity contribution in [3.63, 3.8) is 0 Å². The molecule has 0 aliphatic heterocycles. The van der Waals surface area contributed by atoms with Crippen molar-refractivity contribution in [3.8, 4) is 17.3 Å². The van der Waals surface area contributed by atoms with Crippen LogP contribution in [0.4, 0.5) is 0 Å². The van der Waals surface area contributed by atoms with Gasteiger partial charge in [-0.1, -0.05) is 18.2 Å². The first-order chi connectivity index (χ1) is 9.65. The van der Waals surface area contributed by atoms with Gasteiger partial charge in [-0.2, -0.15) is 20.1 Å². The normalized spacial score (nSPS) is 10.8. The molecule has 5 nitrogen and oxygen atoms in total. The molecule has 6 heteroatoms. The summed E-state index contributed by atoms with van der Waals surface area (Å²) in [7, 11) is 0. The fraction of sp³-hybridized carbons (Fsp3) is 0.143. The minimum Gasteiger partial charge on any atom is -0.206 e. The van der Waals surface area contributed by atoms with Crippen LogP contribution in [0.2, 0.25) is 5.28 Å². The van der Waals surface area contributed by atoms with Gasteiger partial charge in [0.1, 0.15) is 0 Å². The lowest BCUT2D eigenvalue weighted by molar-refractivity contribution is 0.797. The maximum Gasteiger partial charge on any atom is 0.255 e. The Kier molecular flexibility index (Phi) is 3.20. The Labute approximate surface area is 121 Å². The van der Waals surface area contributed by atoms with E-state index in [9.17, 15) is 0 Å². The minimum atomic E-state index is 0.154. The summed E-state index contributed by atoms with van der Waals surface area (Å²) in [6, 6.07) is 7.80. The van der Waals surface area contributed by atoms with Crippen molar-refractivity contribution in [1.82, 2.24) is 24.7 Å². The fourth-order valence-electron chi connectivity index (χ4n) is 1.94. The van der Waals surface area contributed by atoms with Crippen molar-refractivity contribution in [2.24, 2.45) is 0 Å². The lowest BCUT2D eigenvalue weighted by Gasteiger charge is -2.08. The van der Waals surface area contributed by atoms with Crippen LogP contribution in [-0.4, -0.2) is 24.7 Å². The molecule has 0 radical (unpaired) electrons. The molecule has 100 valence electrons. The number of rotatable bonds is 2. The van der Waals surface area contributed by atoms with E-state index in [1.165, 1.54) is 5.56 Å². The highest BCUT2D eigenvalue weighted by Crippen LogP contribution is 2.23. The molecule has 0 unspecified atom stereocenters. The largest absolute Gasteiger partial charge is 0.255 e. The summed E-state index contributed by atoms with van der Waals surface area (Å²) in [6.07, 6.45) is 3.42. The first kappa shape index (κ1) is 12.7. The second-order valence-corrected chi connectivity index (χ2v) is 4.76. The smallest absolute Gasteiger partial charge is 0.206 e. The Hall–Kier alpha value is -2.27. The number of nitrogens with zero attached hydrogens (tertiary/aromatic N) is 5. The summed E-state index contributed by atoms with van der Waals surface area (Å²) in [4.78, 5) is 12.8. The molecule has 3 rings (SSSR count). The molecule has 0 aliphatic rings. The van der Waals surface area contributed by atoms with E-state index in [0.717, 1.165) is 11.1 Å². The molecule has 0 N–H and O–H groups in total. The van der Waals surface area contributed by atoms with Gasteiger partial charge in [-0.05, 0) is 42.6 Å². The molecule has 0 spiro atoms. The molecule has 0 amide bonds. The maximum atomic E-state index is 6.01. The molecule has 20 heavy (non-hydrogen) atoms. The third-order valence-electron chi connectivity index (χ3n) is 3.15. The van der Waals surface area contributed by atoms with Crippen LogP contribution in [0.25, 0.3) is 17.3 Å². The van der Waals surface area contributed by atoms with Crippen molar-refractivity contribution < 1.29 is 0 Å². The number of halogens is 1. The Morgan fingerprint density at radius 1 is 1.05 bits per heavy atom. The van der Waals surface area contributed by atoms with Crippen LogP contribution in [0.15, 0.2) is 36.7 Å². The zero-order valence-electron chi connectivity index (χ0n) is 11.1. The van der Waals surface area contributed by atoms with Gasteiger partial charge >= 0.3 is 0 Å². The Morgan fingerprint density at radius 2 is 1.90 bits per heavy atom. The van der Waals surface area contributed by atoms with Gasteiger partial charge in [-0.3, -0.25) is 0 Å². The van der Waals surface area contributed by atoms with Gasteiger partial charge in [0.2, 0.25) is 5.28 Å². The molecule has 3 aromatic rings. The summed E-state index contributed by atoms with van der Waals surface area (Å²) in [5, 5.41) is 4.26. The Morgan fingerprint density at radius 3 is 2.65 bits per heavy atom. The van der Waals surface area contributed by atoms with E-state index in [2.05, 4.69) is 33.0 Å². The van der Waals surface area contributed by atoms with Gasteiger partial charge in [-0.15, -0.1) is 0 Å². The molecule has 0 atom stereocenters. The standard InChI is InChI=1S/C14H12ClN5/c1-9-5-3-6-11(10(9)2)12-17-13(15)19-14(18-12)20-8-4-7-16-20/h3-8H,1-2H3. The molecule has 0 fully saturated rings. The van der Waals surface area contributed by atoms with Crippen molar-refractivity contribution in [2.75, 3.05) is 0 Å². The molecule has 0 saturated carbocycles. The van der Waals surface area contributed by atoms with Gasteiger partial charge in [0.05, 0.1) is 0 Å².